The van der Waals surface area contributed by atoms with E-state index >= 15 is 0 Å². The normalized spacial score (nSPS) is 12.4. The van der Waals surface area contributed by atoms with Crippen molar-refractivity contribution in [3.63, 3.8) is 0 Å². The van der Waals surface area contributed by atoms with Gasteiger partial charge in [-0.3, -0.25) is 0 Å². The van der Waals surface area contributed by atoms with Crippen LogP contribution in [0.25, 0.3) is 10.9 Å². The van der Waals surface area contributed by atoms with Crippen LogP contribution in [0, 0.1) is 6.92 Å². The van der Waals surface area contributed by atoms with Crippen LogP contribution in [0.3, 0.4) is 0 Å². The Labute approximate surface area is 155 Å². The Kier molecular flexibility index (Phi) is 4.74. The van der Waals surface area contributed by atoms with E-state index in [0.717, 1.165) is 0 Å². The number of para-hydroxylation sites is 1. The third-order valence-electron chi connectivity index (χ3n) is 4.72. The van der Waals surface area contributed by atoms with Crippen LogP contribution in [0.1, 0.15) is 22.6 Å². The molecule has 0 aliphatic heterocycles. The molecule has 4 aromatic rings. The third kappa shape index (κ3) is 3.42. The van der Waals surface area contributed by atoms with Gasteiger partial charge in [0.15, 0.2) is 0 Å². The van der Waals surface area contributed by atoms with Gasteiger partial charge in [0.1, 0.15) is 0 Å². The van der Waals surface area contributed by atoms with Gasteiger partial charge >= 0.3 is 155 Å². The number of nitrogens with one attached hydrogen (secondary N) is 1. The Morgan fingerprint density at radius 2 is 1.52 bits per heavy atom. The molecule has 0 saturated carbocycles. The Balaban J connectivity index is 1.74. The van der Waals surface area contributed by atoms with E-state index in [9.17, 15) is 0 Å². The summed E-state index contributed by atoms with van der Waals surface area (Å²) >= 11 is 0.451. The average molecular weight is 390 g/mol. The first-order chi connectivity index (χ1) is 12.3. The number of fused-ring (bicyclic) bond motifs is 1. The van der Waals surface area contributed by atoms with E-state index in [-0.39, 0.29) is 0 Å². The van der Waals surface area contributed by atoms with Gasteiger partial charge in [0.05, 0.1) is 0 Å². The summed E-state index contributed by atoms with van der Waals surface area (Å²) in [7, 11) is 0. The number of rotatable bonds is 5. The van der Waals surface area contributed by atoms with Gasteiger partial charge in [-0.15, -0.1) is 0 Å². The number of aryl methyl sites for hydroxylation is 1. The van der Waals surface area contributed by atoms with Crippen molar-refractivity contribution in [2.75, 3.05) is 0 Å². The van der Waals surface area contributed by atoms with E-state index < -0.39 is 0 Å². The van der Waals surface area contributed by atoms with Crippen molar-refractivity contribution in [3.05, 3.63) is 102 Å². The van der Waals surface area contributed by atoms with Crippen LogP contribution in [0.15, 0.2) is 85.1 Å². The van der Waals surface area contributed by atoms with Gasteiger partial charge in [-0.2, -0.15) is 0 Å². The zero-order valence-electron chi connectivity index (χ0n) is 14.3. The summed E-state index contributed by atoms with van der Waals surface area (Å²) in [5.41, 5.74) is 5.47. The molecule has 0 saturated heterocycles. The number of H-pyrrole nitrogens is 1. The predicted molar refractivity (Wildman–Crippen MR) is 108 cm³/mol. The Hall–Kier alpha value is -2.28. The summed E-state index contributed by atoms with van der Waals surface area (Å²) in [5.74, 6) is 0.428. The topological polar surface area (TPSA) is 15.8 Å². The van der Waals surface area contributed by atoms with Crippen molar-refractivity contribution < 1.29 is 0 Å². The minimum atomic E-state index is 0.428. The molecule has 1 N–H and O–H groups in total. The summed E-state index contributed by atoms with van der Waals surface area (Å²) in [6.07, 6.45) is 2.21. The predicted octanol–water partition coefficient (Wildman–Crippen LogP) is 5.06. The second-order valence-electron chi connectivity index (χ2n) is 6.32. The van der Waals surface area contributed by atoms with Crippen molar-refractivity contribution in [2.24, 2.45) is 0 Å². The van der Waals surface area contributed by atoms with Gasteiger partial charge in [0.25, 0.3) is 0 Å². The molecule has 0 radical (unpaired) electrons. The van der Waals surface area contributed by atoms with Gasteiger partial charge in [-0.1, -0.05) is 0 Å². The van der Waals surface area contributed by atoms with E-state index in [1.165, 1.54) is 37.4 Å². The zero-order valence-corrected chi connectivity index (χ0v) is 16.0. The maximum absolute atomic E-state index is 3.46. The molecule has 2 heteroatoms. The second kappa shape index (κ2) is 7.31. The van der Waals surface area contributed by atoms with E-state index in [2.05, 4.69) is 97.0 Å². The van der Waals surface area contributed by atoms with Gasteiger partial charge in [-0.25, -0.2) is 0 Å². The van der Waals surface area contributed by atoms with Crippen LogP contribution in [-0.2, 0) is 0 Å². The van der Waals surface area contributed by atoms with E-state index in [0.29, 0.717) is 20.9 Å². The monoisotopic (exact) mass is 391 g/mol. The van der Waals surface area contributed by atoms with Crippen molar-refractivity contribution in [2.45, 2.75) is 18.2 Å². The molecule has 0 amide bonds. The van der Waals surface area contributed by atoms with Crippen molar-refractivity contribution in [3.8, 4) is 0 Å². The molecule has 0 aliphatic carbocycles. The quantitative estimate of drug-likeness (QED) is 0.459. The van der Waals surface area contributed by atoms with Gasteiger partial charge in [0.2, 0.25) is 0 Å². The fourth-order valence-electron chi connectivity index (χ4n) is 3.40. The average Bonchev–Trinajstić information content (AvgIpc) is 3.08. The van der Waals surface area contributed by atoms with Crippen molar-refractivity contribution in [1.29, 1.82) is 0 Å². The number of hydrogen-bond acceptors (Lipinski definition) is 0. The molecule has 1 nitrogen and oxygen atoms in total. The third-order valence-corrected chi connectivity index (χ3v) is 7.04. The van der Waals surface area contributed by atoms with Crippen molar-refractivity contribution in [1.82, 2.24) is 4.98 Å². The van der Waals surface area contributed by atoms with Gasteiger partial charge in [0, 0.05) is 0 Å². The molecule has 3 aromatic carbocycles. The zero-order chi connectivity index (χ0) is 17.1. The minimum absolute atomic E-state index is 0.428. The SMILES string of the molecule is Cc1ccccc1C(C[Se]c1ccccc1)c1c[nH]c2ccccc12. The van der Waals surface area contributed by atoms with Crippen LogP contribution in [0.2, 0.25) is 5.32 Å². The summed E-state index contributed by atoms with van der Waals surface area (Å²) in [6, 6.07) is 28.3. The molecule has 4 rings (SSSR count). The van der Waals surface area contributed by atoms with Gasteiger partial charge in [-0.05, 0) is 0 Å². The van der Waals surface area contributed by atoms with Crippen LogP contribution in [0.4, 0.5) is 0 Å². The van der Waals surface area contributed by atoms with E-state index in [4.69, 9.17) is 0 Å². The number of benzene rings is 3. The molecular formula is C23H21NSe. The molecule has 1 atom stereocenters. The standard InChI is InChI=1S/C23H21NSe/c1-17-9-5-6-12-19(17)22(16-25-18-10-3-2-4-11-18)21-15-24-23-14-8-7-13-20(21)23/h2-15,22,24H,16H2,1H3. The molecule has 1 heterocycles. The van der Waals surface area contributed by atoms with Crippen LogP contribution in [-0.4, -0.2) is 19.9 Å². The molecule has 0 spiro atoms. The molecule has 0 aliphatic rings. The first-order valence-electron chi connectivity index (χ1n) is 8.62. The number of aromatic nitrogens is 1. The molecular weight excluding hydrogens is 369 g/mol. The van der Waals surface area contributed by atoms with Crippen LogP contribution in [0.5, 0.6) is 0 Å². The van der Waals surface area contributed by atoms with Crippen LogP contribution < -0.4 is 4.46 Å². The maximum atomic E-state index is 3.46. The number of aromatic amines is 1. The van der Waals surface area contributed by atoms with Crippen LogP contribution >= 0.6 is 0 Å². The first kappa shape index (κ1) is 16.2. The molecule has 0 bridgehead atoms. The van der Waals surface area contributed by atoms with E-state index in [1.54, 1.807) is 0 Å². The fraction of sp³-hybridized carbons (Fsp3) is 0.130. The van der Waals surface area contributed by atoms with Crippen molar-refractivity contribution >= 4 is 30.3 Å². The number of hydrogen-bond donors (Lipinski definition) is 1. The summed E-state index contributed by atoms with van der Waals surface area (Å²) < 4.78 is 1.47. The molecule has 1 aromatic heterocycles. The summed E-state index contributed by atoms with van der Waals surface area (Å²) in [5, 5.41) is 2.52. The van der Waals surface area contributed by atoms with Gasteiger partial charge < -0.3 is 0 Å². The molecule has 0 fully saturated rings. The molecule has 1 unspecified atom stereocenters. The molecule has 124 valence electrons. The second-order valence-corrected chi connectivity index (χ2v) is 8.62. The molecule has 25 heavy (non-hydrogen) atoms. The Morgan fingerprint density at radius 3 is 2.36 bits per heavy atom. The first-order valence-corrected chi connectivity index (χ1v) is 10.7. The Bertz CT molecular complexity index is 971. The fourth-order valence-corrected chi connectivity index (χ4v) is 5.64. The summed E-state index contributed by atoms with van der Waals surface area (Å²) in [4.78, 5) is 3.46. The summed E-state index contributed by atoms with van der Waals surface area (Å²) in [6.45, 7) is 2.23. The van der Waals surface area contributed by atoms with E-state index in [1.807, 2.05) is 0 Å². The Morgan fingerprint density at radius 1 is 0.800 bits per heavy atom.